The number of nitrogens with one attached hydrogen (secondary N) is 2. The van der Waals surface area contributed by atoms with Gasteiger partial charge in [0.2, 0.25) is 0 Å². The van der Waals surface area contributed by atoms with Gasteiger partial charge in [-0.05, 0) is 48.6 Å². The monoisotopic (exact) mass is 361 g/mol. The molecule has 140 valence electrons. The maximum atomic E-state index is 11.9. The van der Waals surface area contributed by atoms with Gasteiger partial charge in [0.1, 0.15) is 5.84 Å². The molecule has 1 amide bonds. The van der Waals surface area contributed by atoms with Crippen molar-refractivity contribution in [1.29, 1.82) is 0 Å². The quantitative estimate of drug-likeness (QED) is 0.842. The molecule has 1 spiro atoms. The fourth-order valence-corrected chi connectivity index (χ4v) is 4.48. The molecule has 2 aromatic rings. The van der Waals surface area contributed by atoms with Gasteiger partial charge in [-0.25, -0.2) is 0 Å². The Balaban J connectivity index is 1.63. The van der Waals surface area contributed by atoms with Gasteiger partial charge in [0, 0.05) is 23.7 Å². The second kappa shape index (κ2) is 7.55. The van der Waals surface area contributed by atoms with Crippen LogP contribution >= 0.6 is 0 Å². The van der Waals surface area contributed by atoms with Gasteiger partial charge < -0.3 is 10.6 Å². The van der Waals surface area contributed by atoms with E-state index in [0.717, 1.165) is 17.8 Å². The van der Waals surface area contributed by atoms with Crippen molar-refractivity contribution >= 4 is 17.4 Å². The normalized spacial score (nSPS) is 19.4. The standard InChI is InChI=1S/C23H27N3O/c1-24-21(27)18-10-7-8-17(14-18)16-25-22-23(12-5-2-6-13-23)15-19-9-3-4-11-20(19)26-22/h3-4,7-11,14H,2,5-6,12-13,15-16H2,1H3,(H,24,27)(H,25,26). The average molecular weight is 361 g/mol. The van der Waals surface area contributed by atoms with Gasteiger partial charge in [-0.1, -0.05) is 49.6 Å². The second-order valence-electron chi connectivity index (χ2n) is 7.74. The lowest BCUT2D eigenvalue weighted by molar-refractivity contribution is 0.0963. The smallest absolute Gasteiger partial charge is 0.251 e. The van der Waals surface area contributed by atoms with E-state index < -0.39 is 0 Å². The van der Waals surface area contributed by atoms with Gasteiger partial charge >= 0.3 is 0 Å². The van der Waals surface area contributed by atoms with Gasteiger partial charge in [-0.2, -0.15) is 0 Å². The zero-order valence-corrected chi connectivity index (χ0v) is 15.9. The summed E-state index contributed by atoms with van der Waals surface area (Å²) in [7, 11) is 1.66. The van der Waals surface area contributed by atoms with Crippen LogP contribution in [0.4, 0.5) is 5.69 Å². The average Bonchev–Trinajstić information content (AvgIpc) is 2.72. The van der Waals surface area contributed by atoms with Crippen LogP contribution in [0.15, 0.2) is 53.5 Å². The summed E-state index contributed by atoms with van der Waals surface area (Å²) in [6, 6.07) is 16.3. The summed E-state index contributed by atoms with van der Waals surface area (Å²) in [5.74, 6) is 1.07. The predicted molar refractivity (Wildman–Crippen MR) is 110 cm³/mol. The van der Waals surface area contributed by atoms with Gasteiger partial charge in [0.05, 0.1) is 6.54 Å². The number of carbonyl (C=O) groups excluding carboxylic acids is 1. The van der Waals surface area contributed by atoms with Crippen LogP contribution in [0.1, 0.15) is 53.6 Å². The summed E-state index contributed by atoms with van der Waals surface area (Å²) in [4.78, 5) is 16.9. The highest BCUT2D eigenvalue weighted by Gasteiger charge is 2.40. The van der Waals surface area contributed by atoms with E-state index in [1.54, 1.807) is 7.05 Å². The molecule has 1 aliphatic carbocycles. The molecule has 2 N–H and O–H groups in total. The van der Waals surface area contributed by atoms with Crippen LogP contribution < -0.4 is 10.6 Å². The third kappa shape index (κ3) is 3.61. The van der Waals surface area contributed by atoms with Crippen molar-refractivity contribution in [3.8, 4) is 0 Å². The number of amides is 1. The van der Waals surface area contributed by atoms with Crippen molar-refractivity contribution in [2.45, 2.75) is 45.1 Å². The summed E-state index contributed by atoms with van der Waals surface area (Å²) in [5.41, 5.74) is 4.48. The molecular weight excluding hydrogens is 334 g/mol. The molecule has 27 heavy (non-hydrogen) atoms. The van der Waals surface area contributed by atoms with E-state index >= 15 is 0 Å². The van der Waals surface area contributed by atoms with Crippen LogP contribution in [0.25, 0.3) is 0 Å². The largest absolute Gasteiger partial charge is 0.355 e. The minimum absolute atomic E-state index is 0.0574. The van der Waals surface area contributed by atoms with Gasteiger partial charge in [-0.15, -0.1) is 0 Å². The first-order valence-electron chi connectivity index (χ1n) is 9.91. The van der Waals surface area contributed by atoms with E-state index in [-0.39, 0.29) is 11.3 Å². The van der Waals surface area contributed by atoms with E-state index in [4.69, 9.17) is 4.99 Å². The number of nitrogens with zero attached hydrogens (tertiary/aromatic N) is 1. The SMILES string of the molecule is CNC(=O)c1cccc(CN=C2Nc3ccccc3CC23CCCCC3)c1. The molecule has 1 aliphatic heterocycles. The van der Waals surface area contributed by atoms with Crippen LogP contribution in [-0.4, -0.2) is 18.8 Å². The Kier molecular flexibility index (Phi) is 4.97. The van der Waals surface area contributed by atoms with Crippen molar-refractivity contribution in [3.05, 3.63) is 65.2 Å². The zero-order valence-electron chi connectivity index (χ0n) is 15.9. The third-order valence-electron chi connectivity index (χ3n) is 5.95. The first-order chi connectivity index (χ1) is 13.2. The van der Waals surface area contributed by atoms with Crippen molar-refractivity contribution in [3.63, 3.8) is 0 Å². The lowest BCUT2D eigenvalue weighted by Gasteiger charge is -2.42. The summed E-state index contributed by atoms with van der Waals surface area (Å²) in [6.45, 7) is 0.594. The number of para-hydroxylation sites is 1. The molecule has 4 nitrogen and oxygen atoms in total. The molecule has 0 bridgehead atoms. The number of fused-ring (bicyclic) bond motifs is 1. The van der Waals surface area contributed by atoms with Gasteiger partial charge in [0.25, 0.3) is 5.91 Å². The molecule has 0 unspecified atom stereocenters. The van der Waals surface area contributed by atoms with Crippen LogP contribution in [0, 0.1) is 5.41 Å². The lowest BCUT2D eigenvalue weighted by Crippen LogP contribution is -2.43. The van der Waals surface area contributed by atoms with E-state index in [9.17, 15) is 4.79 Å². The molecule has 0 atom stereocenters. The maximum absolute atomic E-state index is 11.9. The van der Waals surface area contributed by atoms with Gasteiger partial charge in [0.15, 0.2) is 0 Å². The molecule has 1 saturated carbocycles. The lowest BCUT2D eigenvalue weighted by atomic mass is 9.67. The van der Waals surface area contributed by atoms with Crippen molar-refractivity contribution < 1.29 is 4.79 Å². The molecule has 0 radical (unpaired) electrons. The Bertz CT molecular complexity index is 865. The number of benzene rings is 2. The summed E-state index contributed by atoms with van der Waals surface area (Å²) < 4.78 is 0. The first kappa shape index (κ1) is 17.8. The number of anilines is 1. The predicted octanol–water partition coefficient (Wildman–Crippen LogP) is 4.56. The molecule has 1 fully saturated rings. The number of carbonyl (C=O) groups is 1. The molecule has 2 aromatic carbocycles. The highest BCUT2D eigenvalue weighted by Crippen LogP contribution is 2.45. The summed E-state index contributed by atoms with van der Waals surface area (Å²) in [5, 5.41) is 6.33. The van der Waals surface area contributed by atoms with Gasteiger partial charge in [-0.3, -0.25) is 9.79 Å². The minimum atomic E-state index is -0.0574. The molecule has 4 heteroatoms. The number of rotatable bonds is 3. The van der Waals surface area contributed by atoms with Crippen LogP contribution in [0.2, 0.25) is 0 Å². The van der Waals surface area contributed by atoms with E-state index in [1.807, 2.05) is 24.3 Å². The van der Waals surface area contributed by atoms with E-state index in [1.165, 1.54) is 43.4 Å². The Morgan fingerprint density at radius 3 is 2.74 bits per heavy atom. The first-order valence-corrected chi connectivity index (χ1v) is 9.91. The highest BCUT2D eigenvalue weighted by molar-refractivity contribution is 6.02. The number of aliphatic imine (C=N–C) groups is 1. The molecule has 4 rings (SSSR count). The Morgan fingerprint density at radius 1 is 1.11 bits per heavy atom. The zero-order chi connectivity index (χ0) is 18.7. The minimum Gasteiger partial charge on any atom is -0.355 e. The number of hydrogen-bond acceptors (Lipinski definition) is 2. The fourth-order valence-electron chi connectivity index (χ4n) is 4.48. The number of amidine groups is 1. The Labute approximate surface area is 161 Å². The van der Waals surface area contributed by atoms with E-state index in [0.29, 0.717) is 12.1 Å². The fraction of sp³-hybridized carbons (Fsp3) is 0.391. The maximum Gasteiger partial charge on any atom is 0.251 e. The van der Waals surface area contributed by atoms with E-state index in [2.05, 4.69) is 34.9 Å². The molecule has 2 aliphatic rings. The Morgan fingerprint density at radius 2 is 1.93 bits per heavy atom. The molecule has 0 aromatic heterocycles. The van der Waals surface area contributed by atoms with Crippen molar-refractivity contribution in [2.24, 2.45) is 10.4 Å². The van der Waals surface area contributed by atoms with Crippen molar-refractivity contribution in [1.82, 2.24) is 5.32 Å². The third-order valence-corrected chi connectivity index (χ3v) is 5.95. The van der Waals surface area contributed by atoms with Crippen molar-refractivity contribution in [2.75, 3.05) is 12.4 Å². The van der Waals surface area contributed by atoms with Crippen LogP contribution in [-0.2, 0) is 13.0 Å². The summed E-state index contributed by atoms with van der Waals surface area (Å²) in [6.07, 6.45) is 7.35. The second-order valence-corrected chi connectivity index (χ2v) is 7.74. The molecule has 0 saturated heterocycles. The molecule has 1 heterocycles. The van der Waals surface area contributed by atoms with Crippen LogP contribution in [0.3, 0.4) is 0 Å². The number of hydrogen-bond donors (Lipinski definition) is 2. The van der Waals surface area contributed by atoms with Crippen LogP contribution in [0.5, 0.6) is 0 Å². The Hall–Kier alpha value is -2.62. The highest BCUT2D eigenvalue weighted by atomic mass is 16.1. The molecular formula is C23H27N3O. The summed E-state index contributed by atoms with van der Waals surface area (Å²) >= 11 is 0. The topological polar surface area (TPSA) is 53.5 Å².